The van der Waals surface area contributed by atoms with Gasteiger partial charge in [-0.1, -0.05) is 49.9 Å². The van der Waals surface area contributed by atoms with Crippen molar-refractivity contribution < 1.29 is 5.48 Å². The van der Waals surface area contributed by atoms with E-state index in [1.54, 1.807) is 0 Å². The molecule has 2 rings (SSSR count). The van der Waals surface area contributed by atoms with Crippen molar-refractivity contribution in [2.75, 3.05) is 0 Å². The highest BCUT2D eigenvalue weighted by molar-refractivity contribution is 6.89. The van der Waals surface area contributed by atoms with Gasteiger partial charge in [0.1, 0.15) is 0 Å². The van der Waals surface area contributed by atoms with Gasteiger partial charge in [-0.2, -0.15) is 0 Å². The fourth-order valence-electron chi connectivity index (χ4n) is 1.91. The molecule has 0 bridgehead atoms. The summed E-state index contributed by atoms with van der Waals surface area (Å²) in [5.41, 5.74) is 2.18. The minimum Gasteiger partial charge on any atom is -0.256 e. The lowest BCUT2D eigenvalue weighted by molar-refractivity contribution is 1.30. The fourth-order valence-corrected chi connectivity index (χ4v) is 3.61. The molecule has 0 saturated carbocycles. The normalized spacial score (nSPS) is 14.8. The van der Waals surface area contributed by atoms with E-state index in [9.17, 15) is 0 Å². The Hall–Kier alpha value is -1.41. The minimum atomic E-state index is -1.46. The Morgan fingerprint density at radius 1 is 1.18 bits per heavy atom. The molecule has 0 radical (unpaired) electrons. The molecular weight excluding hydrogens is 222 g/mol. The van der Waals surface area contributed by atoms with E-state index >= 15 is 0 Å². The third kappa shape index (κ3) is 2.64. The average Bonchev–Trinajstić information content (AvgIpc) is 2.39. The van der Waals surface area contributed by atoms with Crippen LogP contribution in [-0.4, -0.2) is 13.1 Å². The predicted octanol–water partition coefficient (Wildman–Crippen LogP) is 3.60. The zero-order valence-electron chi connectivity index (χ0n) is 14.7. The molecule has 0 aliphatic rings. The van der Waals surface area contributed by atoms with Gasteiger partial charge in [0.25, 0.3) is 0 Å². The lowest BCUT2D eigenvalue weighted by Gasteiger charge is -2.19. The van der Waals surface area contributed by atoms with Crippen LogP contribution in [0.4, 0.5) is 0 Å². The molecule has 2 aromatic rings. The Balaban J connectivity index is 2.62. The molecule has 0 atom stereocenters. The number of hydrogen-bond donors (Lipinski definition) is 0. The molecule has 88 valence electrons. The average molecular weight is 245 g/mol. The van der Waals surface area contributed by atoms with E-state index in [1.807, 2.05) is 19.2 Å². The number of aryl methyl sites for hydroxylation is 1. The molecule has 1 aromatic carbocycles. The summed E-state index contributed by atoms with van der Waals surface area (Å²) in [5.74, 6) is 0. The first-order valence-corrected chi connectivity index (χ1v) is 9.18. The highest BCUT2D eigenvalue weighted by Crippen LogP contribution is 2.17. The molecule has 0 saturated heterocycles. The van der Waals surface area contributed by atoms with Gasteiger partial charge in [0.05, 0.1) is 19.3 Å². The van der Waals surface area contributed by atoms with Crippen molar-refractivity contribution in [3.8, 4) is 11.3 Å². The summed E-state index contributed by atoms with van der Waals surface area (Å²) >= 11 is 0. The van der Waals surface area contributed by atoms with E-state index in [0.29, 0.717) is 11.3 Å². The third-order valence-electron chi connectivity index (χ3n) is 2.74. The quantitative estimate of drug-likeness (QED) is 0.737. The Morgan fingerprint density at radius 3 is 2.59 bits per heavy atom. The smallest absolute Gasteiger partial charge is 0.0799 e. The van der Waals surface area contributed by atoms with Crippen molar-refractivity contribution in [1.82, 2.24) is 4.98 Å². The van der Waals surface area contributed by atoms with Gasteiger partial charge >= 0.3 is 0 Å². The number of nitrogens with zero attached hydrogens (tertiary/aromatic N) is 1. The summed E-state index contributed by atoms with van der Waals surface area (Å²) in [6, 6.07) is 2.87. The summed E-state index contributed by atoms with van der Waals surface area (Å²) < 4.78 is 31.1. The van der Waals surface area contributed by atoms with Crippen molar-refractivity contribution in [3.63, 3.8) is 0 Å². The van der Waals surface area contributed by atoms with E-state index < -0.39 is 8.07 Å². The maximum Gasteiger partial charge on any atom is 0.0799 e. The van der Waals surface area contributed by atoms with Gasteiger partial charge in [0.15, 0.2) is 0 Å². The molecule has 0 N–H and O–H groups in total. The lowest BCUT2D eigenvalue weighted by Crippen LogP contribution is -2.39. The summed E-state index contributed by atoms with van der Waals surface area (Å²) in [5, 5.41) is 1.27. The van der Waals surface area contributed by atoms with Crippen LogP contribution in [0.3, 0.4) is 0 Å². The van der Waals surface area contributed by atoms with E-state index in [1.165, 1.54) is 11.3 Å². The van der Waals surface area contributed by atoms with E-state index in [4.69, 9.17) is 5.48 Å². The van der Waals surface area contributed by atoms with Crippen molar-refractivity contribution >= 4 is 13.3 Å². The number of rotatable bonds is 2. The lowest BCUT2D eigenvalue weighted by atomic mass is 10.1. The molecule has 0 unspecified atom stereocenters. The first-order chi connectivity index (χ1) is 9.62. The second kappa shape index (κ2) is 4.45. The number of pyridine rings is 1. The SMILES string of the molecule is [2H]c1cc(-c2cc(C)c([Si](C)(C)C)cn2)c([2H])c([2H])c1[2H]. The summed E-state index contributed by atoms with van der Waals surface area (Å²) in [6.07, 6.45) is 1.86. The first-order valence-electron chi connectivity index (χ1n) is 7.68. The molecular formula is C15H19NSi. The molecule has 1 aromatic heterocycles. The van der Waals surface area contributed by atoms with Crippen LogP contribution in [0.1, 0.15) is 11.0 Å². The first kappa shape index (κ1) is 7.83. The van der Waals surface area contributed by atoms with Gasteiger partial charge in [-0.15, -0.1) is 0 Å². The van der Waals surface area contributed by atoms with E-state index in [0.717, 1.165) is 5.56 Å². The summed E-state index contributed by atoms with van der Waals surface area (Å²) in [7, 11) is -1.46. The molecule has 0 spiro atoms. The number of benzene rings is 1. The molecule has 0 amide bonds. The summed E-state index contributed by atoms with van der Waals surface area (Å²) in [4.78, 5) is 4.44. The molecule has 0 aliphatic heterocycles. The Labute approximate surface area is 110 Å². The highest BCUT2D eigenvalue weighted by Gasteiger charge is 2.19. The largest absolute Gasteiger partial charge is 0.256 e. The maximum atomic E-state index is 8.00. The zero-order valence-corrected chi connectivity index (χ0v) is 11.7. The fraction of sp³-hybridized carbons (Fsp3) is 0.267. The van der Waals surface area contributed by atoms with Crippen molar-refractivity contribution in [1.29, 1.82) is 0 Å². The van der Waals surface area contributed by atoms with Crippen LogP contribution in [0.2, 0.25) is 19.6 Å². The molecule has 1 heterocycles. The number of hydrogen-bond acceptors (Lipinski definition) is 1. The van der Waals surface area contributed by atoms with E-state index in [-0.39, 0.29) is 24.2 Å². The Bertz CT molecular complexity index is 708. The topological polar surface area (TPSA) is 12.9 Å². The van der Waals surface area contributed by atoms with Crippen LogP contribution in [0.25, 0.3) is 11.3 Å². The summed E-state index contributed by atoms with van der Waals surface area (Å²) in [6.45, 7) is 8.80. The highest BCUT2D eigenvalue weighted by atomic mass is 28.3. The molecule has 1 nitrogen and oxygen atoms in total. The monoisotopic (exact) mass is 245 g/mol. The maximum absolute atomic E-state index is 8.00. The predicted molar refractivity (Wildman–Crippen MR) is 77.4 cm³/mol. The second-order valence-corrected chi connectivity index (χ2v) is 10.3. The van der Waals surface area contributed by atoms with Gasteiger partial charge in [-0.3, -0.25) is 4.98 Å². The molecule has 2 heteroatoms. The van der Waals surface area contributed by atoms with Crippen LogP contribution in [-0.2, 0) is 0 Å². The molecule has 0 fully saturated rings. The number of aromatic nitrogens is 1. The second-order valence-electron chi connectivity index (χ2n) is 5.21. The minimum absolute atomic E-state index is 0.0383. The zero-order chi connectivity index (χ0) is 15.9. The van der Waals surface area contributed by atoms with Gasteiger partial charge in [0.2, 0.25) is 0 Å². The van der Waals surface area contributed by atoms with E-state index in [2.05, 4.69) is 24.6 Å². The van der Waals surface area contributed by atoms with Crippen molar-refractivity contribution in [2.24, 2.45) is 0 Å². The van der Waals surface area contributed by atoms with Crippen LogP contribution in [0.5, 0.6) is 0 Å². The standard InChI is InChI=1S/C15H19NSi/c1-12-10-14(13-8-6-5-7-9-13)16-11-15(12)17(2,3)4/h5-11H,1-4H3/i5D,6D,7D,8D. The Morgan fingerprint density at radius 2 is 1.94 bits per heavy atom. The van der Waals surface area contributed by atoms with Crippen LogP contribution < -0.4 is 5.19 Å². The molecule has 0 aliphatic carbocycles. The van der Waals surface area contributed by atoms with Crippen LogP contribution in [0.15, 0.2) is 42.5 Å². The van der Waals surface area contributed by atoms with Gasteiger partial charge in [-0.25, -0.2) is 0 Å². The molecule has 17 heavy (non-hydrogen) atoms. The van der Waals surface area contributed by atoms with Gasteiger partial charge < -0.3 is 0 Å². The third-order valence-corrected chi connectivity index (χ3v) is 4.88. The van der Waals surface area contributed by atoms with Gasteiger partial charge in [0, 0.05) is 11.8 Å². The van der Waals surface area contributed by atoms with Crippen molar-refractivity contribution in [2.45, 2.75) is 26.6 Å². The van der Waals surface area contributed by atoms with Crippen LogP contribution in [0, 0.1) is 6.92 Å². The van der Waals surface area contributed by atoms with Crippen molar-refractivity contribution in [3.05, 3.63) is 48.1 Å². The van der Waals surface area contributed by atoms with Gasteiger partial charge in [-0.05, 0) is 23.7 Å². The van der Waals surface area contributed by atoms with Crippen LogP contribution >= 0.6 is 0 Å². The Kier molecular flexibility index (Phi) is 2.05.